The van der Waals surface area contributed by atoms with Gasteiger partial charge in [0.05, 0.1) is 17.3 Å². The maximum Gasteiger partial charge on any atom is 0.263 e. The molecule has 1 aliphatic heterocycles. The molecular formula is C16H20Cl2FN3O2S. The highest BCUT2D eigenvalue weighted by molar-refractivity contribution is 7.13. The Kier molecular flexibility index (Phi) is 8.75. The zero-order valence-electron chi connectivity index (χ0n) is 13.3. The first-order valence-corrected chi connectivity index (χ1v) is 8.29. The minimum Gasteiger partial charge on any atom is -0.391 e. The highest BCUT2D eigenvalue weighted by Gasteiger charge is 2.25. The minimum absolute atomic E-state index is 0. The standard InChI is InChI=1S/C16H18FN3O2S.2ClH/c17-12-3-1-10(2-4-12)5-15-19-9-14(23-15)16(22)20-7-11-6-18-8-13(11)21;;/h1-4,9,11,13,18,21H,5-8H2,(H,20,22);2*1H. The number of carbonyl (C=O) groups is 1. The minimum atomic E-state index is -0.411. The van der Waals surface area contributed by atoms with Gasteiger partial charge in [-0.05, 0) is 17.7 Å². The summed E-state index contributed by atoms with van der Waals surface area (Å²) in [7, 11) is 0. The highest BCUT2D eigenvalue weighted by Crippen LogP contribution is 2.17. The van der Waals surface area contributed by atoms with E-state index in [1.165, 1.54) is 23.5 Å². The molecule has 3 N–H and O–H groups in total. The Morgan fingerprint density at radius 1 is 1.32 bits per heavy atom. The summed E-state index contributed by atoms with van der Waals surface area (Å²) in [5, 5.41) is 16.4. The Labute approximate surface area is 161 Å². The van der Waals surface area contributed by atoms with Gasteiger partial charge in [-0.1, -0.05) is 12.1 Å². The Morgan fingerprint density at radius 3 is 2.68 bits per heavy atom. The van der Waals surface area contributed by atoms with Gasteiger partial charge in [-0.2, -0.15) is 0 Å². The highest BCUT2D eigenvalue weighted by atomic mass is 35.5. The zero-order valence-corrected chi connectivity index (χ0v) is 15.7. The molecule has 138 valence electrons. The molecule has 1 saturated heterocycles. The van der Waals surface area contributed by atoms with E-state index in [0.717, 1.165) is 10.6 Å². The van der Waals surface area contributed by atoms with E-state index in [-0.39, 0.29) is 42.5 Å². The number of nitrogens with one attached hydrogen (secondary N) is 2. The number of aliphatic hydroxyl groups is 1. The van der Waals surface area contributed by atoms with Gasteiger partial charge in [-0.3, -0.25) is 4.79 Å². The van der Waals surface area contributed by atoms with Gasteiger partial charge in [0.1, 0.15) is 10.7 Å². The van der Waals surface area contributed by atoms with Crippen LogP contribution in [0.25, 0.3) is 0 Å². The molecule has 2 aromatic rings. The third-order valence-corrected chi connectivity index (χ3v) is 4.87. The van der Waals surface area contributed by atoms with Crippen LogP contribution in [-0.4, -0.2) is 41.7 Å². The number of nitrogens with zero attached hydrogens (tertiary/aromatic N) is 1. The number of hydrogen-bond donors (Lipinski definition) is 3. The fraction of sp³-hybridized carbons (Fsp3) is 0.375. The van der Waals surface area contributed by atoms with Crippen LogP contribution in [-0.2, 0) is 6.42 Å². The van der Waals surface area contributed by atoms with Crippen molar-refractivity contribution in [2.75, 3.05) is 19.6 Å². The molecule has 0 radical (unpaired) electrons. The van der Waals surface area contributed by atoms with Gasteiger partial charge >= 0.3 is 0 Å². The predicted molar refractivity (Wildman–Crippen MR) is 101 cm³/mol. The fourth-order valence-electron chi connectivity index (χ4n) is 2.51. The van der Waals surface area contributed by atoms with E-state index >= 15 is 0 Å². The molecule has 1 aliphatic rings. The van der Waals surface area contributed by atoms with Crippen LogP contribution in [0.4, 0.5) is 4.39 Å². The van der Waals surface area contributed by atoms with Crippen molar-refractivity contribution >= 4 is 42.1 Å². The summed E-state index contributed by atoms with van der Waals surface area (Å²) < 4.78 is 12.9. The summed E-state index contributed by atoms with van der Waals surface area (Å²) in [5.41, 5.74) is 0.952. The van der Waals surface area contributed by atoms with Gasteiger partial charge < -0.3 is 15.7 Å². The van der Waals surface area contributed by atoms with Crippen LogP contribution in [0.1, 0.15) is 20.2 Å². The number of rotatable bonds is 5. The molecule has 5 nitrogen and oxygen atoms in total. The van der Waals surface area contributed by atoms with Gasteiger partial charge in [0.15, 0.2) is 0 Å². The molecule has 0 spiro atoms. The van der Waals surface area contributed by atoms with E-state index in [0.29, 0.717) is 30.9 Å². The van der Waals surface area contributed by atoms with Crippen LogP contribution < -0.4 is 10.6 Å². The topological polar surface area (TPSA) is 74.2 Å². The van der Waals surface area contributed by atoms with Crippen LogP contribution >= 0.6 is 36.2 Å². The molecule has 9 heteroatoms. The van der Waals surface area contributed by atoms with Crippen molar-refractivity contribution in [2.45, 2.75) is 12.5 Å². The Bertz CT molecular complexity index is 684. The number of carbonyl (C=O) groups excluding carboxylic acids is 1. The number of thiazole rings is 1. The molecular weight excluding hydrogens is 388 g/mol. The van der Waals surface area contributed by atoms with Crippen molar-refractivity contribution < 1.29 is 14.3 Å². The Hall–Kier alpha value is -1.25. The summed E-state index contributed by atoms with van der Waals surface area (Å²) in [6, 6.07) is 6.25. The molecule has 2 unspecified atom stereocenters. The van der Waals surface area contributed by atoms with E-state index in [2.05, 4.69) is 15.6 Å². The molecule has 2 heterocycles. The number of benzene rings is 1. The van der Waals surface area contributed by atoms with E-state index in [9.17, 15) is 14.3 Å². The molecule has 1 aromatic heterocycles. The molecule has 0 aliphatic carbocycles. The first kappa shape index (κ1) is 21.8. The lowest BCUT2D eigenvalue weighted by molar-refractivity contribution is 0.0931. The molecule has 25 heavy (non-hydrogen) atoms. The van der Waals surface area contributed by atoms with Crippen molar-refractivity contribution in [3.05, 3.63) is 51.7 Å². The Morgan fingerprint density at radius 2 is 2.04 bits per heavy atom. The summed E-state index contributed by atoms with van der Waals surface area (Å²) >= 11 is 1.33. The summed E-state index contributed by atoms with van der Waals surface area (Å²) in [5.74, 6) is -0.394. The van der Waals surface area contributed by atoms with Crippen molar-refractivity contribution in [1.82, 2.24) is 15.6 Å². The molecule has 1 fully saturated rings. The average Bonchev–Trinajstić information content (AvgIpc) is 3.16. The first-order chi connectivity index (χ1) is 11.1. The van der Waals surface area contributed by atoms with Crippen LogP contribution in [0.2, 0.25) is 0 Å². The molecule has 0 saturated carbocycles. The second-order valence-corrected chi connectivity index (χ2v) is 6.73. The monoisotopic (exact) mass is 407 g/mol. The van der Waals surface area contributed by atoms with Crippen molar-refractivity contribution in [2.24, 2.45) is 5.92 Å². The van der Waals surface area contributed by atoms with Gasteiger partial charge in [0.2, 0.25) is 0 Å². The summed E-state index contributed by atoms with van der Waals surface area (Å²) in [6.07, 6.45) is 1.72. The van der Waals surface area contributed by atoms with Crippen LogP contribution in [0, 0.1) is 11.7 Å². The number of hydrogen-bond acceptors (Lipinski definition) is 5. The number of halogens is 3. The van der Waals surface area contributed by atoms with Crippen LogP contribution in [0.5, 0.6) is 0 Å². The first-order valence-electron chi connectivity index (χ1n) is 7.48. The average molecular weight is 408 g/mol. The third-order valence-electron chi connectivity index (χ3n) is 3.87. The van der Waals surface area contributed by atoms with Crippen molar-refractivity contribution in [3.63, 3.8) is 0 Å². The van der Waals surface area contributed by atoms with Gasteiger partial charge in [0.25, 0.3) is 5.91 Å². The number of aliphatic hydroxyl groups excluding tert-OH is 1. The van der Waals surface area contributed by atoms with Gasteiger partial charge in [-0.25, -0.2) is 9.37 Å². The Balaban J connectivity index is 0.00000156. The fourth-order valence-corrected chi connectivity index (χ4v) is 3.38. The van der Waals surface area contributed by atoms with Crippen molar-refractivity contribution in [3.8, 4) is 0 Å². The van der Waals surface area contributed by atoms with Crippen LogP contribution in [0.15, 0.2) is 30.5 Å². The second kappa shape index (κ2) is 10.0. The number of β-amino-alcohol motifs (C(OH)–C–C–N with tert-alkyl or cyclic N) is 1. The largest absolute Gasteiger partial charge is 0.391 e. The third kappa shape index (κ3) is 5.90. The lowest BCUT2D eigenvalue weighted by Gasteiger charge is -2.13. The number of amides is 1. The zero-order chi connectivity index (χ0) is 16.2. The maximum absolute atomic E-state index is 12.9. The van der Waals surface area contributed by atoms with Crippen LogP contribution in [0.3, 0.4) is 0 Å². The SMILES string of the molecule is Cl.Cl.O=C(NCC1CNCC1O)c1cnc(Cc2ccc(F)cc2)s1. The summed E-state index contributed by atoms with van der Waals surface area (Å²) in [6.45, 7) is 1.72. The molecule has 1 aromatic carbocycles. The predicted octanol–water partition coefficient (Wildman–Crippen LogP) is 2.03. The quantitative estimate of drug-likeness (QED) is 0.708. The lowest BCUT2D eigenvalue weighted by Crippen LogP contribution is -2.34. The lowest BCUT2D eigenvalue weighted by atomic mass is 10.1. The molecule has 3 rings (SSSR count). The molecule has 1 amide bonds. The van der Waals surface area contributed by atoms with E-state index < -0.39 is 6.10 Å². The van der Waals surface area contributed by atoms with Gasteiger partial charge in [0, 0.05) is 32.0 Å². The number of aromatic nitrogens is 1. The second-order valence-electron chi connectivity index (χ2n) is 5.62. The smallest absolute Gasteiger partial charge is 0.263 e. The molecule has 0 bridgehead atoms. The van der Waals surface area contributed by atoms with E-state index in [4.69, 9.17) is 0 Å². The van der Waals surface area contributed by atoms with E-state index in [1.54, 1.807) is 18.3 Å². The summed E-state index contributed by atoms with van der Waals surface area (Å²) in [4.78, 5) is 16.9. The normalized spacial score (nSPS) is 19.0. The van der Waals surface area contributed by atoms with E-state index in [1.807, 2.05) is 0 Å². The maximum atomic E-state index is 12.9. The molecule has 2 atom stereocenters. The van der Waals surface area contributed by atoms with Gasteiger partial charge in [-0.15, -0.1) is 36.2 Å². The van der Waals surface area contributed by atoms with Crippen molar-refractivity contribution in [1.29, 1.82) is 0 Å².